The fraction of sp³-hybridized carbons (Fsp3) is 0.286. The Morgan fingerprint density at radius 3 is 2.71 bits per heavy atom. The molecule has 0 saturated carbocycles. The zero-order valence-corrected chi connectivity index (χ0v) is 13.0. The highest BCUT2D eigenvalue weighted by Gasteiger charge is 2.16. The summed E-state index contributed by atoms with van der Waals surface area (Å²) in [6.45, 7) is 2.50. The van der Waals surface area contributed by atoms with Crippen LogP contribution in [0.3, 0.4) is 0 Å². The van der Waals surface area contributed by atoms with Crippen LogP contribution >= 0.6 is 11.6 Å². The number of hydrogen-bond donors (Lipinski definition) is 2. The summed E-state index contributed by atoms with van der Waals surface area (Å²) >= 11 is 6.26. The van der Waals surface area contributed by atoms with Crippen molar-refractivity contribution in [1.29, 1.82) is 0 Å². The molecule has 6 nitrogen and oxygen atoms in total. The molecule has 0 atom stereocenters. The van der Waals surface area contributed by atoms with Crippen molar-refractivity contribution in [3.05, 3.63) is 46.2 Å². The summed E-state index contributed by atoms with van der Waals surface area (Å²) in [6, 6.07) is 7.45. The minimum absolute atomic E-state index is 0.0754. The first-order valence-electron chi connectivity index (χ1n) is 6.41. The van der Waals surface area contributed by atoms with Crippen LogP contribution in [0.5, 0.6) is 0 Å². The van der Waals surface area contributed by atoms with Crippen LogP contribution in [0.2, 0.25) is 5.15 Å². The highest BCUT2D eigenvalue weighted by molar-refractivity contribution is 6.30. The molecule has 0 fully saturated rings. The van der Waals surface area contributed by atoms with Gasteiger partial charge in [-0.2, -0.15) is 5.10 Å². The molecule has 2 rings (SSSR count). The van der Waals surface area contributed by atoms with Crippen LogP contribution in [-0.4, -0.2) is 27.9 Å². The van der Waals surface area contributed by atoms with E-state index in [1.807, 2.05) is 44.1 Å². The van der Waals surface area contributed by atoms with E-state index < -0.39 is 0 Å². The predicted octanol–water partition coefficient (Wildman–Crippen LogP) is 2.11. The highest BCUT2D eigenvalue weighted by Crippen LogP contribution is 2.25. The standard InChI is InChI=1S/C14H18ClN5O/c1-9-11(13(15)20(3)17-9)8-19(2)12-7-5-4-6-10(12)14(16)18-21/h4-7,21H,8H2,1-3H3,(H2,16,18). The van der Waals surface area contributed by atoms with Crippen LogP contribution in [0.1, 0.15) is 16.8 Å². The van der Waals surface area contributed by atoms with Gasteiger partial charge in [-0.15, -0.1) is 0 Å². The lowest BCUT2D eigenvalue weighted by atomic mass is 10.1. The monoisotopic (exact) mass is 307 g/mol. The average molecular weight is 308 g/mol. The van der Waals surface area contributed by atoms with Gasteiger partial charge in [-0.25, -0.2) is 0 Å². The first-order chi connectivity index (χ1) is 9.95. The highest BCUT2D eigenvalue weighted by atomic mass is 35.5. The number of para-hydroxylation sites is 1. The van der Waals surface area contributed by atoms with Crippen molar-refractivity contribution in [3.8, 4) is 0 Å². The number of oxime groups is 1. The summed E-state index contributed by atoms with van der Waals surface area (Å²) < 4.78 is 1.65. The average Bonchev–Trinajstić information content (AvgIpc) is 2.72. The van der Waals surface area contributed by atoms with E-state index in [9.17, 15) is 0 Å². The number of amidine groups is 1. The molecule has 0 unspecified atom stereocenters. The summed E-state index contributed by atoms with van der Waals surface area (Å²) in [5, 5.41) is 16.9. The molecule has 3 N–H and O–H groups in total. The van der Waals surface area contributed by atoms with Gasteiger partial charge in [0.15, 0.2) is 5.84 Å². The molecule has 112 valence electrons. The third kappa shape index (κ3) is 2.95. The van der Waals surface area contributed by atoms with E-state index in [0.717, 1.165) is 16.9 Å². The van der Waals surface area contributed by atoms with E-state index in [1.165, 1.54) is 0 Å². The van der Waals surface area contributed by atoms with Gasteiger partial charge in [-0.05, 0) is 19.1 Å². The third-order valence-electron chi connectivity index (χ3n) is 3.36. The normalized spacial score (nSPS) is 11.7. The van der Waals surface area contributed by atoms with Crippen LogP contribution in [-0.2, 0) is 13.6 Å². The van der Waals surface area contributed by atoms with Crippen molar-refractivity contribution in [2.75, 3.05) is 11.9 Å². The smallest absolute Gasteiger partial charge is 0.172 e. The van der Waals surface area contributed by atoms with Crippen molar-refractivity contribution < 1.29 is 5.21 Å². The SMILES string of the molecule is Cc1nn(C)c(Cl)c1CN(C)c1ccccc1/C(N)=N/O. The Labute approximate surface area is 128 Å². The number of hydrogen-bond acceptors (Lipinski definition) is 4. The van der Waals surface area contributed by atoms with E-state index in [2.05, 4.69) is 10.3 Å². The number of anilines is 1. The summed E-state index contributed by atoms with van der Waals surface area (Å²) in [7, 11) is 3.73. The lowest BCUT2D eigenvalue weighted by Crippen LogP contribution is -2.22. The molecule has 21 heavy (non-hydrogen) atoms. The Bertz CT molecular complexity index is 680. The molecule has 0 amide bonds. The molecule has 1 aromatic carbocycles. The maximum atomic E-state index is 8.89. The quantitative estimate of drug-likeness (QED) is 0.392. The molecule has 0 aliphatic rings. The fourth-order valence-electron chi connectivity index (χ4n) is 2.25. The van der Waals surface area contributed by atoms with Crippen LogP contribution < -0.4 is 10.6 Å². The van der Waals surface area contributed by atoms with Gasteiger partial charge in [-0.1, -0.05) is 28.9 Å². The molecule has 0 bridgehead atoms. The topological polar surface area (TPSA) is 79.7 Å². The molecular formula is C14H18ClN5O. The van der Waals surface area contributed by atoms with Crippen molar-refractivity contribution in [2.24, 2.45) is 17.9 Å². The van der Waals surface area contributed by atoms with Crippen molar-refractivity contribution in [2.45, 2.75) is 13.5 Å². The van der Waals surface area contributed by atoms with Crippen molar-refractivity contribution in [3.63, 3.8) is 0 Å². The van der Waals surface area contributed by atoms with Gasteiger partial charge in [0.1, 0.15) is 5.15 Å². The Balaban J connectivity index is 2.35. The molecule has 0 aliphatic heterocycles. The first-order valence-corrected chi connectivity index (χ1v) is 6.79. The van der Waals surface area contributed by atoms with E-state index >= 15 is 0 Å². The second-order valence-corrected chi connectivity index (χ2v) is 5.19. The molecule has 0 radical (unpaired) electrons. The minimum Gasteiger partial charge on any atom is -0.409 e. The molecule has 0 aliphatic carbocycles. The predicted molar refractivity (Wildman–Crippen MR) is 84.0 cm³/mol. The molecule has 1 aromatic heterocycles. The molecule has 1 heterocycles. The van der Waals surface area contributed by atoms with E-state index in [0.29, 0.717) is 17.3 Å². The second kappa shape index (κ2) is 6.05. The van der Waals surface area contributed by atoms with Crippen molar-refractivity contribution in [1.82, 2.24) is 9.78 Å². The summed E-state index contributed by atoms with van der Waals surface area (Å²) in [5.74, 6) is 0.0754. The molecule has 7 heteroatoms. The maximum Gasteiger partial charge on any atom is 0.172 e. The first kappa shape index (κ1) is 15.2. The number of aryl methyl sites for hydroxylation is 2. The summed E-state index contributed by atoms with van der Waals surface area (Å²) in [5.41, 5.74) is 9.08. The molecule has 0 spiro atoms. The lowest BCUT2D eigenvalue weighted by Gasteiger charge is -2.22. The van der Waals surface area contributed by atoms with Gasteiger partial charge in [0, 0.05) is 37.5 Å². The largest absolute Gasteiger partial charge is 0.409 e. The number of nitrogens with two attached hydrogens (primary N) is 1. The van der Waals surface area contributed by atoms with E-state index in [1.54, 1.807) is 10.7 Å². The van der Waals surface area contributed by atoms with Gasteiger partial charge in [0.25, 0.3) is 0 Å². The fourth-order valence-corrected chi connectivity index (χ4v) is 2.49. The number of nitrogens with zero attached hydrogens (tertiary/aromatic N) is 4. The molecular weight excluding hydrogens is 290 g/mol. The third-order valence-corrected chi connectivity index (χ3v) is 3.84. The van der Waals surface area contributed by atoms with Crippen LogP contribution in [0, 0.1) is 6.92 Å². The van der Waals surface area contributed by atoms with Crippen LogP contribution in [0.15, 0.2) is 29.4 Å². The number of halogens is 1. The Morgan fingerprint density at radius 1 is 1.48 bits per heavy atom. The van der Waals surface area contributed by atoms with E-state index in [4.69, 9.17) is 22.5 Å². The van der Waals surface area contributed by atoms with E-state index in [-0.39, 0.29) is 5.84 Å². The van der Waals surface area contributed by atoms with Crippen LogP contribution in [0.4, 0.5) is 5.69 Å². The zero-order chi connectivity index (χ0) is 15.6. The summed E-state index contributed by atoms with van der Waals surface area (Å²) in [4.78, 5) is 1.99. The van der Waals surface area contributed by atoms with Gasteiger partial charge >= 0.3 is 0 Å². The number of rotatable bonds is 4. The maximum absolute atomic E-state index is 8.89. The Morgan fingerprint density at radius 2 is 2.14 bits per heavy atom. The van der Waals surface area contributed by atoms with Gasteiger partial charge < -0.3 is 15.8 Å². The van der Waals surface area contributed by atoms with Crippen LogP contribution in [0.25, 0.3) is 0 Å². The Hall–Kier alpha value is -2.21. The summed E-state index contributed by atoms with van der Waals surface area (Å²) in [6.07, 6.45) is 0. The number of aromatic nitrogens is 2. The van der Waals surface area contributed by atoms with Crippen molar-refractivity contribution >= 4 is 23.1 Å². The zero-order valence-electron chi connectivity index (χ0n) is 12.2. The number of benzene rings is 1. The van der Waals surface area contributed by atoms with Gasteiger partial charge in [0.2, 0.25) is 0 Å². The minimum atomic E-state index is 0.0754. The van der Waals surface area contributed by atoms with Gasteiger partial charge in [0.05, 0.1) is 5.69 Å². The molecule has 2 aromatic rings. The van der Waals surface area contributed by atoms with Gasteiger partial charge in [-0.3, -0.25) is 4.68 Å². The second-order valence-electron chi connectivity index (χ2n) is 4.84. The Kier molecular flexibility index (Phi) is 4.37. The lowest BCUT2D eigenvalue weighted by molar-refractivity contribution is 0.318. The molecule has 0 saturated heterocycles.